The molecule has 1 amide bonds. The number of aliphatic hydroxyl groups is 1. The highest BCUT2D eigenvalue weighted by atomic mass is 16.5. The maximum Gasteiger partial charge on any atom is 0.338 e. The molecule has 1 aromatic heterocycles. The molecule has 184 valence electrons. The maximum absolute atomic E-state index is 13.4. The van der Waals surface area contributed by atoms with E-state index in [1.165, 1.54) is 18.1 Å². The van der Waals surface area contributed by atoms with Crippen molar-refractivity contribution in [2.24, 2.45) is 0 Å². The molecule has 3 aromatic rings. The summed E-state index contributed by atoms with van der Waals surface area (Å²) in [4.78, 5) is 44.8. The summed E-state index contributed by atoms with van der Waals surface area (Å²) in [5.41, 5.74) is 1.91. The van der Waals surface area contributed by atoms with Crippen LogP contribution in [0.5, 0.6) is 5.75 Å². The molecule has 0 aliphatic carbocycles. The summed E-state index contributed by atoms with van der Waals surface area (Å²) < 4.78 is 10.6. The van der Waals surface area contributed by atoms with Gasteiger partial charge in [0, 0.05) is 11.9 Å². The lowest BCUT2D eigenvalue weighted by molar-refractivity contribution is -0.132. The lowest BCUT2D eigenvalue weighted by Crippen LogP contribution is -2.30. The molecule has 0 radical (unpaired) electrons. The molecule has 2 heterocycles. The zero-order valence-electron chi connectivity index (χ0n) is 20.2. The number of ether oxygens (including phenoxy) is 2. The number of methoxy groups -OCH3 is 1. The number of pyridine rings is 1. The summed E-state index contributed by atoms with van der Waals surface area (Å²) in [6.45, 7) is 3.99. The fourth-order valence-electron chi connectivity index (χ4n) is 4.13. The van der Waals surface area contributed by atoms with Crippen molar-refractivity contribution in [3.05, 3.63) is 94.8 Å². The normalized spacial score (nSPS) is 16.8. The van der Waals surface area contributed by atoms with Gasteiger partial charge >= 0.3 is 5.97 Å². The number of aryl methyl sites for hydroxylation is 1. The Bertz CT molecular complexity index is 1350. The molecule has 36 heavy (non-hydrogen) atoms. The Morgan fingerprint density at radius 2 is 1.89 bits per heavy atom. The van der Waals surface area contributed by atoms with E-state index >= 15 is 0 Å². The molecule has 0 spiro atoms. The van der Waals surface area contributed by atoms with E-state index in [9.17, 15) is 19.5 Å². The maximum atomic E-state index is 13.4. The van der Waals surface area contributed by atoms with E-state index in [0.29, 0.717) is 23.6 Å². The van der Waals surface area contributed by atoms with Crippen LogP contribution in [0.15, 0.2) is 72.4 Å². The van der Waals surface area contributed by atoms with Gasteiger partial charge in [0.1, 0.15) is 17.6 Å². The fourth-order valence-corrected chi connectivity index (χ4v) is 4.13. The molecule has 1 atom stereocenters. The lowest BCUT2D eigenvalue weighted by Gasteiger charge is -2.25. The summed E-state index contributed by atoms with van der Waals surface area (Å²) in [5, 5.41) is 11.4. The Hall–Kier alpha value is -4.46. The molecular formula is C28H26N2O6. The third kappa shape index (κ3) is 4.57. The van der Waals surface area contributed by atoms with Crippen molar-refractivity contribution >= 4 is 29.1 Å². The number of hydrogen-bond donors (Lipinski definition) is 1. The summed E-state index contributed by atoms with van der Waals surface area (Å²) in [5.74, 6) is -2.27. The quantitative estimate of drug-likeness (QED) is 0.225. The van der Waals surface area contributed by atoms with Crippen molar-refractivity contribution in [2.75, 3.05) is 18.6 Å². The van der Waals surface area contributed by atoms with Crippen LogP contribution in [0.4, 0.5) is 5.69 Å². The number of aromatic nitrogens is 1. The van der Waals surface area contributed by atoms with Crippen LogP contribution in [0.2, 0.25) is 0 Å². The molecule has 1 aliphatic rings. The van der Waals surface area contributed by atoms with Gasteiger partial charge in [-0.25, -0.2) is 4.79 Å². The van der Waals surface area contributed by atoms with Gasteiger partial charge in [-0.15, -0.1) is 0 Å². The van der Waals surface area contributed by atoms with Crippen LogP contribution < -0.4 is 9.64 Å². The first-order valence-corrected chi connectivity index (χ1v) is 11.5. The van der Waals surface area contributed by atoms with Crippen molar-refractivity contribution in [1.29, 1.82) is 0 Å². The topological polar surface area (TPSA) is 106 Å². The van der Waals surface area contributed by atoms with Crippen molar-refractivity contribution in [1.82, 2.24) is 4.98 Å². The van der Waals surface area contributed by atoms with Gasteiger partial charge in [0.05, 0.1) is 36.1 Å². The predicted molar refractivity (Wildman–Crippen MR) is 134 cm³/mol. The highest BCUT2D eigenvalue weighted by molar-refractivity contribution is 6.51. The average Bonchev–Trinajstić information content (AvgIpc) is 3.17. The molecule has 1 aliphatic heterocycles. The number of anilines is 1. The van der Waals surface area contributed by atoms with Gasteiger partial charge in [0.2, 0.25) is 0 Å². The molecule has 1 fully saturated rings. The first-order valence-electron chi connectivity index (χ1n) is 11.5. The van der Waals surface area contributed by atoms with Crippen LogP contribution in [-0.4, -0.2) is 41.5 Å². The first-order chi connectivity index (χ1) is 17.4. The van der Waals surface area contributed by atoms with Crippen LogP contribution in [-0.2, 0) is 14.3 Å². The number of hydrogen-bond acceptors (Lipinski definition) is 7. The van der Waals surface area contributed by atoms with Gasteiger partial charge in [0.15, 0.2) is 0 Å². The minimum atomic E-state index is -1.03. The summed E-state index contributed by atoms with van der Waals surface area (Å²) in [6, 6.07) is 15.6. The highest BCUT2D eigenvalue weighted by Crippen LogP contribution is 2.42. The van der Waals surface area contributed by atoms with Crippen molar-refractivity contribution in [2.45, 2.75) is 26.3 Å². The molecule has 8 heteroatoms. The first kappa shape index (κ1) is 24.7. The number of rotatable bonds is 7. The van der Waals surface area contributed by atoms with Crippen molar-refractivity contribution < 1.29 is 29.0 Å². The van der Waals surface area contributed by atoms with Gasteiger partial charge in [-0.1, -0.05) is 30.7 Å². The van der Waals surface area contributed by atoms with Crippen molar-refractivity contribution in [3.63, 3.8) is 0 Å². The van der Waals surface area contributed by atoms with Crippen LogP contribution in [0.25, 0.3) is 5.76 Å². The third-order valence-corrected chi connectivity index (χ3v) is 5.82. The van der Waals surface area contributed by atoms with Crippen LogP contribution in [0.3, 0.4) is 0 Å². The number of ketones is 1. The molecule has 0 bridgehead atoms. The third-order valence-electron chi connectivity index (χ3n) is 5.82. The number of nitrogens with zero attached hydrogens (tertiary/aromatic N) is 2. The Morgan fingerprint density at radius 1 is 1.08 bits per heavy atom. The van der Waals surface area contributed by atoms with E-state index in [2.05, 4.69) is 4.98 Å². The molecule has 1 saturated heterocycles. The minimum absolute atomic E-state index is 0.124. The van der Waals surface area contributed by atoms with E-state index in [1.54, 1.807) is 54.7 Å². The molecule has 4 rings (SSSR count). The van der Waals surface area contributed by atoms with E-state index in [0.717, 1.165) is 5.56 Å². The summed E-state index contributed by atoms with van der Waals surface area (Å²) in [6.07, 6.45) is 2.21. The van der Waals surface area contributed by atoms with Crippen LogP contribution in [0, 0.1) is 6.92 Å². The number of Topliss-reactive ketones (excluding diaryl/α,β-unsaturated/α-hetero) is 1. The smallest absolute Gasteiger partial charge is 0.338 e. The zero-order chi connectivity index (χ0) is 25.8. The Morgan fingerprint density at radius 3 is 2.58 bits per heavy atom. The number of aliphatic hydroxyl groups excluding tert-OH is 1. The number of carbonyl (C=O) groups excluding carboxylic acids is 3. The number of carbonyl (C=O) groups is 3. The van der Waals surface area contributed by atoms with E-state index in [4.69, 9.17) is 9.47 Å². The molecule has 0 saturated carbocycles. The largest absolute Gasteiger partial charge is 0.507 e. The van der Waals surface area contributed by atoms with E-state index in [1.807, 2.05) is 19.9 Å². The second-order valence-corrected chi connectivity index (χ2v) is 8.31. The number of amides is 1. The molecule has 2 aromatic carbocycles. The second kappa shape index (κ2) is 10.4. The standard InChI is InChI=1S/C28H26N2O6/c1-4-14-36-28(34)18-8-7-9-19(16-18)30-24(21-10-5-6-13-29-21)23(26(32)27(30)33)25(31)20-15-17(2)11-12-22(20)35-3/h5-13,15-16,24,31H,4,14H2,1-3H3/b25-23+. The van der Waals surface area contributed by atoms with E-state index in [-0.39, 0.29) is 29.1 Å². The molecular weight excluding hydrogens is 460 g/mol. The average molecular weight is 487 g/mol. The monoisotopic (exact) mass is 486 g/mol. The minimum Gasteiger partial charge on any atom is -0.507 e. The summed E-state index contributed by atoms with van der Waals surface area (Å²) in [7, 11) is 1.46. The number of esters is 1. The van der Waals surface area contributed by atoms with Crippen LogP contribution in [0.1, 0.15) is 46.6 Å². The van der Waals surface area contributed by atoms with E-state index < -0.39 is 23.7 Å². The Kier molecular flexibility index (Phi) is 7.15. The fraction of sp³-hybridized carbons (Fsp3) is 0.214. The van der Waals surface area contributed by atoms with Gasteiger partial charge in [0.25, 0.3) is 11.7 Å². The van der Waals surface area contributed by atoms with Gasteiger partial charge in [-0.3, -0.25) is 19.5 Å². The summed E-state index contributed by atoms with van der Waals surface area (Å²) >= 11 is 0. The van der Waals surface area contributed by atoms with Gasteiger partial charge in [-0.05, 0) is 55.8 Å². The van der Waals surface area contributed by atoms with Crippen molar-refractivity contribution in [3.8, 4) is 5.75 Å². The SMILES string of the molecule is CCCOC(=O)c1cccc(N2C(=O)C(=O)/C(=C(/O)c3cc(C)ccc3OC)C2c2ccccn2)c1. The molecule has 1 N–H and O–H groups in total. The van der Waals surface area contributed by atoms with Gasteiger partial charge < -0.3 is 14.6 Å². The molecule has 8 nitrogen and oxygen atoms in total. The lowest BCUT2D eigenvalue weighted by atomic mass is 9.97. The second-order valence-electron chi connectivity index (χ2n) is 8.31. The number of benzene rings is 2. The Balaban J connectivity index is 1.90. The Labute approximate surface area is 208 Å². The predicted octanol–water partition coefficient (Wildman–Crippen LogP) is 4.59. The van der Waals surface area contributed by atoms with Crippen LogP contribution >= 0.6 is 0 Å². The van der Waals surface area contributed by atoms with Gasteiger partial charge in [-0.2, -0.15) is 0 Å². The highest BCUT2D eigenvalue weighted by Gasteiger charge is 2.48. The zero-order valence-corrected chi connectivity index (χ0v) is 20.2. The molecule has 1 unspecified atom stereocenters.